The lowest BCUT2D eigenvalue weighted by Gasteiger charge is -2.12. The molecule has 0 aliphatic heterocycles. The number of carboxylic acids is 1. The minimum Gasteiger partial charge on any atom is -0.489 e. The summed E-state index contributed by atoms with van der Waals surface area (Å²) in [6.07, 6.45) is -0.0862. The fraction of sp³-hybridized carbons (Fsp3) is 0.167. The van der Waals surface area contributed by atoms with Gasteiger partial charge in [0.15, 0.2) is 5.58 Å². The molecule has 1 aromatic heterocycles. The van der Waals surface area contributed by atoms with Crippen LogP contribution in [0, 0.1) is 6.92 Å². The molecule has 6 heteroatoms. The van der Waals surface area contributed by atoms with E-state index in [2.05, 4.69) is 5.16 Å². The molecule has 3 aromatic carbocycles. The Morgan fingerprint density at radius 3 is 2.73 bits per heavy atom. The number of nitrogens with zero attached hydrogens (tertiary/aromatic N) is 1. The van der Waals surface area contributed by atoms with Crippen molar-refractivity contribution in [2.45, 2.75) is 26.5 Å². The molecule has 0 aliphatic carbocycles. The summed E-state index contributed by atoms with van der Waals surface area (Å²) in [6.45, 7) is 2.65. The highest BCUT2D eigenvalue weighted by Crippen LogP contribution is 2.33. The molecule has 0 fully saturated rings. The summed E-state index contributed by atoms with van der Waals surface area (Å²) in [5.41, 5.74) is 11.8. The van der Waals surface area contributed by atoms with Crippen LogP contribution in [-0.4, -0.2) is 16.2 Å². The molecule has 0 radical (unpaired) electrons. The van der Waals surface area contributed by atoms with Crippen LogP contribution in [0.25, 0.3) is 22.1 Å². The number of nitrogens with two attached hydrogens (primary N) is 1. The number of benzene rings is 3. The smallest absolute Gasteiger partial charge is 0.307 e. The second-order valence-electron chi connectivity index (χ2n) is 7.16. The number of hydrogen-bond donors (Lipinski definition) is 2. The van der Waals surface area contributed by atoms with Crippen molar-refractivity contribution in [1.29, 1.82) is 0 Å². The van der Waals surface area contributed by atoms with Gasteiger partial charge in [-0.15, -0.1) is 0 Å². The predicted molar refractivity (Wildman–Crippen MR) is 114 cm³/mol. The summed E-state index contributed by atoms with van der Waals surface area (Å²) in [7, 11) is 0. The molecule has 4 rings (SSSR count). The maximum absolute atomic E-state index is 11.1. The van der Waals surface area contributed by atoms with E-state index >= 15 is 0 Å². The number of carboxylic acid groups (broad SMARTS) is 1. The normalized spacial score (nSPS) is 11.0. The summed E-state index contributed by atoms with van der Waals surface area (Å²) in [5.74, 6) is -0.330. The Morgan fingerprint density at radius 2 is 1.93 bits per heavy atom. The lowest BCUT2D eigenvalue weighted by Crippen LogP contribution is -2.04. The zero-order chi connectivity index (χ0) is 21.1. The van der Waals surface area contributed by atoms with Crippen molar-refractivity contribution < 1.29 is 19.2 Å². The molecule has 3 N–H and O–H groups in total. The van der Waals surface area contributed by atoms with Gasteiger partial charge < -0.3 is 20.1 Å². The van der Waals surface area contributed by atoms with Crippen molar-refractivity contribution in [3.63, 3.8) is 0 Å². The zero-order valence-electron chi connectivity index (χ0n) is 16.6. The Kier molecular flexibility index (Phi) is 5.50. The maximum atomic E-state index is 11.1. The highest BCUT2D eigenvalue weighted by Gasteiger charge is 2.15. The molecule has 6 nitrogen and oxygen atoms in total. The van der Waals surface area contributed by atoms with Crippen LogP contribution >= 0.6 is 0 Å². The number of hydrogen-bond acceptors (Lipinski definition) is 5. The molecule has 0 spiro atoms. The Labute approximate surface area is 173 Å². The molecule has 1 heterocycles. The Hall–Kier alpha value is -3.64. The second-order valence-corrected chi connectivity index (χ2v) is 7.16. The van der Waals surface area contributed by atoms with E-state index in [-0.39, 0.29) is 6.42 Å². The van der Waals surface area contributed by atoms with Gasteiger partial charge in [-0.25, -0.2) is 0 Å². The molecule has 0 aliphatic rings. The summed E-state index contributed by atoms with van der Waals surface area (Å²) < 4.78 is 11.6. The zero-order valence-corrected chi connectivity index (χ0v) is 16.6. The molecule has 152 valence electrons. The van der Waals surface area contributed by atoms with E-state index in [9.17, 15) is 4.79 Å². The van der Waals surface area contributed by atoms with Gasteiger partial charge in [0, 0.05) is 23.1 Å². The molecule has 4 aromatic rings. The molecule has 0 atom stereocenters. The van der Waals surface area contributed by atoms with Gasteiger partial charge in [-0.1, -0.05) is 41.6 Å². The van der Waals surface area contributed by atoms with Crippen LogP contribution in [0.1, 0.15) is 22.4 Å². The third-order valence-electron chi connectivity index (χ3n) is 4.99. The number of rotatable bonds is 7. The van der Waals surface area contributed by atoms with Crippen LogP contribution in [0.4, 0.5) is 0 Å². The maximum Gasteiger partial charge on any atom is 0.307 e. The van der Waals surface area contributed by atoms with E-state index in [1.54, 1.807) is 18.2 Å². The summed E-state index contributed by atoms with van der Waals surface area (Å²) in [5, 5.41) is 14.2. The molecule has 0 saturated carbocycles. The van der Waals surface area contributed by atoms with Gasteiger partial charge in [0.2, 0.25) is 0 Å². The topological polar surface area (TPSA) is 98.6 Å². The molecular formula is C24H22N2O4. The van der Waals surface area contributed by atoms with Crippen LogP contribution in [0.3, 0.4) is 0 Å². The van der Waals surface area contributed by atoms with E-state index in [1.165, 1.54) is 0 Å². The van der Waals surface area contributed by atoms with Crippen molar-refractivity contribution in [2.24, 2.45) is 5.73 Å². The number of aryl methyl sites for hydroxylation is 1. The van der Waals surface area contributed by atoms with E-state index in [0.29, 0.717) is 24.5 Å². The first-order chi connectivity index (χ1) is 14.5. The van der Waals surface area contributed by atoms with Gasteiger partial charge in [-0.3, -0.25) is 4.79 Å². The van der Waals surface area contributed by atoms with Crippen molar-refractivity contribution in [3.05, 3.63) is 83.0 Å². The van der Waals surface area contributed by atoms with Crippen molar-refractivity contribution in [2.75, 3.05) is 0 Å². The number of carbonyl (C=O) groups is 1. The monoisotopic (exact) mass is 402 g/mol. The Bertz CT molecular complexity index is 1210. The summed E-state index contributed by atoms with van der Waals surface area (Å²) >= 11 is 0. The van der Waals surface area contributed by atoms with Crippen molar-refractivity contribution >= 4 is 16.9 Å². The fourth-order valence-corrected chi connectivity index (χ4v) is 3.50. The first-order valence-electron chi connectivity index (χ1n) is 9.66. The number of fused-ring (bicyclic) bond motifs is 1. The lowest BCUT2D eigenvalue weighted by atomic mass is 9.98. The van der Waals surface area contributed by atoms with Gasteiger partial charge in [0.05, 0.1) is 12.1 Å². The Morgan fingerprint density at radius 1 is 1.10 bits per heavy atom. The molecule has 30 heavy (non-hydrogen) atoms. The molecular weight excluding hydrogens is 380 g/mol. The molecule has 0 saturated heterocycles. The summed E-state index contributed by atoms with van der Waals surface area (Å²) in [6, 6.07) is 19.2. The van der Waals surface area contributed by atoms with E-state index in [4.69, 9.17) is 20.1 Å². The number of para-hydroxylation sites is 1. The highest BCUT2D eigenvalue weighted by molar-refractivity contribution is 5.94. The third kappa shape index (κ3) is 4.04. The van der Waals surface area contributed by atoms with E-state index in [0.717, 1.165) is 38.9 Å². The highest BCUT2D eigenvalue weighted by atomic mass is 16.5. The minimum absolute atomic E-state index is 0.0862. The quantitative estimate of drug-likeness (QED) is 0.473. The lowest BCUT2D eigenvalue weighted by molar-refractivity contribution is -0.136. The molecule has 0 unspecified atom stereocenters. The largest absolute Gasteiger partial charge is 0.489 e. The Balaban J connectivity index is 1.71. The van der Waals surface area contributed by atoms with Gasteiger partial charge in [0.1, 0.15) is 12.4 Å². The predicted octanol–water partition coefficient (Wildman–Crippen LogP) is 4.47. The SMILES string of the molecule is Cc1noc2c(-c3cccc(CN)c3)cc(COc3ccccc3CC(=O)O)cc12. The average molecular weight is 402 g/mol. The van der Waals surface area contributed by atoms with Gasteiger partial charge >= 0.3 is 5.97 Å². The minimum atomic E-state index is -0.894. The van der Waals surface area contributed by atoms with Crippen LogP contribution in [0.5, 0.6) is 5.75 Å². The van der Waals surface area contributed by atoms with Crippen LogP contribution < -0.4 is 10.5 Å². The number of aliphatic carboxylic acids is 1. The van der Waals surface area contributed by atoms with Crippen molar-refractivity contribution in [3.8, 4) is 16.9 Å². The molecule has 0 amide bonds. The van der Waals surface area contributed by atoms with Crippen LogP contribution in [-0.2, 0) is 24.4 Å². The van der Waals surface area contributed by atoms with E-state index in [1.807, 2.05) is 49.4 Å². The van der Waals surface area contributed by atoms with E-state index < -0.39 is 5.97 Å². The first-order valence-corrected chi connectivity index (χ1v) is 9.66. The molecule has 0 bridgehead atoms. The van der Waals surface area contributed by atoms with Crippen LogP contribution in [0.15, 0.2) is 65.2 Å². The van der Waals surface area contributed by atoms with Gasteiger partial charge in [-0.05, 0) is 47.9 Å². The number of aromatic nitrogens is 1. The van der Waals surface area contributed by atoms with Gasteiger partial charge in [0.25, 0.3) is 0 Å². The van der Waals surface area contributed by atoms with Gasteiger partial charge in [-0.2, -0.15) is 0 Å². The summed E-state index contributed by atoms with van der Waals surface area (Å²) in [4.78, 5) is 11.1. The second kappa shape index (κ2) is 8.39. The average Bonchev–Trinajstić information content (AvgIpc) is 3.13. The van der Waals surface area contributed by atoms with Crippen molar-refractivity contribution in [1.82, 2.24) is 5.16 Å². The first kappa shape index (κ1) is 19.7. The third-order valence-corrected chi connectivity index (χ3v) is 4.99. The number of ether oxygens (including phenoxy) is 1. The fourth-order valence-electron chi connectivity index (χ4n) is 3.50. The standard InChI is InChI=1S/C24H22N2O4/c1-15-20-10-17(14-29-22-8-3-2-6-19(22)12-23(27)28)11-21(24(20)30-26-15)18-7-4-5-16(9-18)13-25/h2-11H,12-14,25H2,1H3,(H,27,28). The van der Waals surface area contributed by atoms with Crippen LogP contribution in [0.2, 0.25) is 0 Å².